The average molecular weight is 487 g/mol. The van der Waals surface area contributed by atoms with Crippen LogP contribution in [0.5, 0.6) is 11.6 Å². The van der Waals surface area contributed by atoms with Gasteiger partial charge in [-0.2, -0.15) is 0 Å². The fraction of sp³-hybridized carbons (Fsp3) is 0.154. The zero-order valence-electron chi connectivity index (χ0n) is 19.1. The quantitative estimate of drug-likeness (QED) is 0.348. The predicted octanol–water partition coefficient (Wildman–Crippen LogP) is 5.06. The minimum atomic E-state index is -0.229. The van der Waals surface area contributed by atoms with Crippen LogP contribution < -0.4 is 15.9 Å². The molecule has 0 radical (unpaired) electrons. The lowest BCUT2D eigenvalue weighted by molar-refractivity contribution is 0.463. The number of nitrogens with zero attached hydrogens (tertiary/aromatic N) is 5. The van der Waals surface area contributed by atoms with Gasteiger partial charge in [-0.3, -0.25) is 14.3 Å². The van der Waals surface area contributed by atoms with Crippen molar-refractivity contribution in [3.8, 4) is 11.6 Å². The van der Waals surface area contributed by atoms with Gasteiger partial charge in [0.05, 0.1) is 18.6 Å². The number of rotatable bonds is 7. The largest absolute Gasteiger partial charge is 0.439 e. The lowest BCUT2D eigenvalue weighted by Gasteiger charge is -2.10. The monoisotopic (exact) mass is 486 g/mol. The number of aryl methyl sites for hydroxylation is 1. The molecule has 0 bridgehead atoms. The maximum atomic E-state index is 13.0. The molecule has 0 aliphatic heterocycles. The number of fused-ring (bicyclic) bond motifs is 1. The summed E-state index contributed by atoms with van der Waals surface area (Å²) in [4.78, 5) is 29.4. The molecule has 3 aromatic heterocycles. The number of hydrogen-bond acceptors (Lipinski definition) is 5. The number of benzene rings is 2. The Hall–Kier alpha value is -4.17. The molecule has 5 rings (SSSR count). The molecule has 0 unspecified atom stereocenters. The molecular formula is C26H23ClN6O2. The summed E-state index contributed by atoms with van der Waals surface area (Å²) in [7, 11) is 0. The smallest absolute Gasteiger partial charge is 0.278 e. The highest BCUT2D eigenvalue weighted by molar-refractivity contribution is 6.30. The predicted molar refractivity (Wildman–Crippen MR) is 135 cm³/mol. The Balaban J connectivity index is 1.57. The number of imidazole rings is 1. The third kappa shape index (κ3) is 5.02. The van der Waals surface area contributed by atoms with E-state index < -0.39 is 0 Å². The van der Waals surface area contributed by atoms with Crippen LogP contribution >= 0.6 is 11.6 Å². The molecule has 3 heterocycles. The van der Waals surface area contributed by atoms with E-state index in [1.54, 1.807) is 18.6 Å². The second-order valence-electron chi connectivity index (χ2n) is 7.98. The fourth-order valence-electron chi connectivity index (χ4n) is 3.79. The van der Waals surface area contributed by atoms with Gasteiger partial charge >= 0.3 is 0 Å². The molecule has 0 amide bonds. The van der Waals surface area contributed by atoms with Crippen LogP contribution in [0.25, 0.3) is 11.2 Å². The standard InChI is InChI=1S/C26H23ClN6O2/c1-2-15-32-17-29-24-23(32)25(34)31-26(33(24)16-18-6-8-19(27)9-7-18)30-20-10-12-21(13-11-20)35-22-5-3-4-14-28-22/h3-14,17H,2,15-16H2,1H3,(H,30,31,34). The highest BCUT2D eigenvalue weighted by Gasteiger charge is 2.13. The number of halogens is 1. The molecular weight excluding hydrogens is 464 g/mol. The number of H-pyrrole nitrogens is 1. The first-order valence-electron chi connectivity index (χ1n) is 11.3. The lowest BCUT2D eigenvalue weighted by Crippen LogP contribution is -2.32. The second kappa shape index (κ2) is 9.99. The molecule has 0 saturated heterocycles. The van der Waals surface area contributed by atoms with Crippen LogP contribution in [0.15, 0.2) is 89.0 Å². The number of pyridine rings is 1. The minimum Gasteiger partial charge on any atom is -0.439 e. The highest BCUT2D eigenvalue weighted by Crippen LogP contribution is 2.22. The van der Waals surface area contributed by atoms with Crippen molar-refractivity contribution in [2.24, 2.45) is 4.99 Å². The Labute approximate surface area is 206 Å². The van der Waals surface area contributed by atoms with Crippen molar-refractivity contribution in [2.45, 2.75) is 26.4 Å². The van der Waals surface area contributed by atoms with Crippen LogP contribution in [0, 0.1) is 0 Å². The van der Waals surface area contributed by atoms with Crippen molar-refractivity contribution in [3.05, 3.63) is 106 Å². The highest BCUT2D eigenvalue weighted by atomic mass is 35.5. The van der Waals surface area contributed by atoms with E-state index in [2.05, 4.69) is 21.9 Å². The Morgan fingerprint density at radius 2 is 1.83 bits per heavy atom. The van der Waals surface area contributed by atoms with Crippen LogP contribution in [0.4, 0.5) is 5.69 Å². The van der Waals surface area contributed by atoms with Gasteiger partial charge in [-0.15, -0.1) is 0 Å². The molecule has 9 heteroatoms. The summed E-state index contributed by atoms with van der Waals surface area (Å²) in [6.45, 7) is 3.23. The van der Waals surface area contributed by atoms with E-state index in [4.69, 9.17) is 21.3 Å². The maximum absolute atomic E-state index is 13.0. The van der Waals surface area contributed by atoms with Gasteiger partial charge in [-0.25, -0.2) is 15.0 Å². The second-order valence-corrected chi connectivity index (χ2v) is 8.41. The van der Waals surface area contributed by atoms with Gasteiger partial charge < -0.3 is 9.30 Å². The maximum Gasteiger partial charge on any atom is 0.278 e. The first kappa shape index (κ1) is 22.6. The first-order chi connectivity index (χ1) is 17.1. The van der Waals surface area contributed by atoms with Crippen LogP contribution in [0.2, 0.25) is 5.02 Å². The molecule has 0 saturated carbocycles. The van der Waals surface area contributed by atoms with Crippen LogP contribution in [-0.2, 0) is 13.1 Å². The average Bonchev–Trinajstić information content (AvgIpc) is 3.29. The van der Waals surface area contributed by atoms with Crippen LogP contribution in [0.1, 0.15) is 18.9 Å². The van der Waals surface area contributed by atoms with Crippen molar-refractivity contribution in [2.75, 3.05) is 0 Å². The van der Waals surface area contributed by atoms with Gasteiger partial charge in [-0.05, 0) is 54.4 Å². The summed E-state index contributed by atoms with van der Waals surface area (Å²) in [6.07, 6.45) is 4.27. The number of aromatic amines is 1. The minimum absolute atomic E-state index is 0.229. The molecule has 0 fully saturated rings. The van der Waals surface area contributed by atoms with Gasteiger partial charge in [0, 0.05) is 23.8 Å². The molecule has 5 aromatic rings. The van der Waals surface area contributed by atoms with Crippen LogP contribution in [-0.4, -0.2) is 24.1 Å². The summed E-state index contributed by atoms with van der Waals surface area (Å²) in [5, 5.41) is 0.663. The fourth-order valence-corrected chi connectivity index (χ4v) is 3.92. The Morgan fingerprint density at radius 1 is 1.03 bits per heavy atom. The van der Waals surface area contributed by atoms with E-state index in [-0.39, 0.29) is 5.56 Å². The van der Waals surface area contributed by atoms with Gasteiger partial charge in [0.25, 0.3) is 5.56 Å². The zero-order chi connectivity index (χ0) is 24.2. The van der Waals surface area contributed by atoms with E-state index in [1.807, 2.05) is 69.8 Å². The third-order valence-corrected chi connectivity index (χ3v) is 5.67. The van der Waals surface area contributed by atoms with Crippen molar-refractivity contribution in [1.82, 2.24) is 24.1 Å². The van der Waals surface area contributed by atoms with Gasteiger partial charge in [0.15, 0.2) is 11.2 Å². The summed E-state index contributed by atoms with van der Waals surface area (Å²) in [5.74, 6) is 1.15. The number of nitrogens with one attached hydrogen (secondary N) is 1. The lowest BCUT2D eigenvalue weighted by atomic mass is 10.2. The van der Waals surface area contributed by atoms with E-state index in [1.165, 1.54) is 0 Å². The molecule has 0 atom stereocenters. The van der Waals surface area contributed by atoms with E-state index in [0.717, 1.165) is 12.0 Å². The Morgan fingerprint density at radius 3 is 2.54 bits per heavy atom. The molecule has 35 heavy (non-hydrogen) atoms. The summed E-state index contributed by atoms with van der Waals surface area (Å²) < 4.78 is 9.54. The normalized spacial score (nSPS) is 11.8. The molecule has 0 spiro atoms. The summed E-state index contributed by atoms with van der Waals surface area (Å²) in [6, 6.07) is 20.3. The topological polar surface area (TPSA) is 90.1 Å². The SMILES string of the molecule is CCCn1cnc2c1c(=O)[nH]/c(=N\c1ccc(Oc3ccccn3)cc1)n2Cc1ccc(Cl)cc1. The van der Waals surface area contributed by atoms with Crippen LogP contribution in [0.3, 0.4) is 0 Å². The van der Waals surface area contributed by atoms with Crippen molar-refractivity contribution in [1.29, 1.82) is 0 Å². The molecule has 8 nitrogen and oxygen atoms in total. The number of aromatic nitrogens is 5. The number of ether oxygens (including phenoxy) is 1. The van der Waals surface area contributed by atoms with Crippen molar-refractivity contribution < 1.29 is 4.74 Å². The zero-order valence-corrected chi connectivity index (χ0v) is 19.8. The van der Waals surface area contributed by atoms with E-state index >= 15 is 0 Å². The molecule has 1 N–H and O–H groups in total. The van der Waals surface area contributed by atoms with Crippen molar-refractivity contribution >= 4 is 28.5 Å². The van der Waals surface area contributed by atoms with Crippen molar-refractivity contribution in [3.63, 3.8) is 0 Å². The molecule has 0 aliphatic rings. The van der Waals surface area contributed by atoms with E-state index in [9.17, 15) is 4.79 Å². The van der Waals surface area contributed by atoms with E-state index in [0.29, 0.717) is 52.2 Å². The Kier molecular flexibility index (Phi) is 6.45. The first-order valence-corrected chi connectivity index (χ1v) is 11.6. The third-order valence-electron chi connectivity index (χ3n) is 5.42. The molecule has 176 valence electrons. The Bertz CT molecular complexity index is 1570. The number of hydrogen-bond donors (Lipinski definition) is 1. The summed E-state index contributed by atoms with van der Waals surface area (Å²) >= 11 is 6.07. The van der Waals surface area contributed by atoms with Gasteiger partial charge in [0.2, 0.25) is 11.5 Å². The summed E-state index contributed by atoms with van der Waals surface area (Å²) in [5.41, 5.74) is 2.94. The molecule has 2 aromatic carbocycles. The van der Waals surface area contributed by atoms with Gasteiger partial charge in [0.1, 0.15) is 5.75 Å². The molecule has 0 aliphatic carbocycles. The van der Waals surface area contributed by atoms with Gasteiger partial charge in [-0.1, -0.05) is 36.7 Å².